The number of nitrogens with two attached hydrogens (primary N) is 1. The maximum absolute atomic E-state index is 12.1. The molecule has 0 atom stereocenters. The van der Waals surface area contributed by atoms with Crippen LogP contribution in [0, 0.1) is 0 Å². The molecule has 3 rings (SSSR count). The summed E-state index contributed by atoms with van der Waals surface area (Å²) in [6.45, 7) is -0.402. The van der Waals surface area contributed by atoms with E-state index in [9.17, 15) is 14.4 Å². The first-order chi connectivity index (χ1) is 12.9. The molecule has 0 bridgehead atoms. The summed E-state index contributed by atoms with van der Waals surface area (Å²) in [6.07, 6.45) is 2.67. The van der Waals surface area contributed by atoms with Gasteiger partial charge in [0.2, 0.25) is 0 Å². The second kappa shape index (κ2) is 8.90. The maximum Gasteiger partial charge on any atom is 0.316 e. The van der Waals surface area contributed by atoms with Crippen molar-refractivity contribution in [3.05, 3.63) is 44.7 Å². The molecular weight excluding hydrogens is 452 g/mol. The first-order valence-corrected chi connectivity index (χ1v) is 10.8. The van der Waals surface area contributed by atoms with Gasteiger partial charge in [-0.2, -0.15) is 0 Å². The van der Waals surface area contributed by atoms with E-state index in [0.29, 0.717) is 10.6 Å². The summed E-state index contributed by atoms with van der Waals surface area (Å²) in [5, 5.41) is 3.09. The smallest absolute Gasteiger partial charge is 0.316 e. The lowest BCUT2D eigenvalue weighted by atomic mass is 10.1. The van der Waals surface area contributed by atoms with Gasteiger partial charge in [-0.3, -0.25) is 14.4 Å². The Bertz CT molecular complexity index is 880. The molecule has 6 nitrogen and oxygen atoms in total. The zero-order chi connectivity index (χ0) is 19.4. The highest BCUT2D eigenvalue weighted by atomic mass is 79.9. The van der Waals surface area contributed by atoms with Crippen molar-refractivity contribution in [1.29, 1.82) is 0 Å². The van der Waals surface area contributed by atoms with Crippen LogP contribution in [0.2, 0.25) is 0 Å². The van der Waals surface area contributed by atoms with E-state index in [-0.39, 0.29) is 5.75 Å². The molecule has 0 radical (unpaired) electrons. The van der Waals surface area contributed by atoms with Crippen molar-refractivity contribution in [2.75, 3.05) is 17.7 Å². The number of hydrogen-bond donors (Lipinski definition) is 2. The highest BCUT2D eigenvalue weighted by molar-refractivity contribution is 9.10. The number of primary amides is 1. The number of benzene rings is 1. The molecule has 1 aliphatic carbocycles. The molecule has 9 heteroatoms. The van der Waals surface area contributed by atoms with Crippen LogP contribution in [0.3, 0.4) is 0 Å². The normalized spacial score (nSPS) is 12.5. The summed E-state index contributed by atoms with van der Waals surface area (Å²) >= 11 is 6.04. The molecule has 1 aromatic carbocycles. The van der Waals surface area contributed by atoms with Crippen LogP contribution in [0.5, 0.6) is 0 Å². The van der Waals surface area contributed by atoms with Gasteiger partial charge in [-0.25, -0.2) is 0 Å². The molecule has 0 unspecified atom stereocenters. The molecule has 27 heavy (non-hydrogen) atoms. The largest absolute Gasteiger partial charge is 0.455 e. The third kappa shape index (κ3) is 5.12. The number of carbonyl (C=O) groups is 3. The number of ether oxygens (including phenoxy) is 1. The minimum Gasteiger partial charge on any atom is -0.455 e. The van der Waals surface area contributed by atoms with E-state index in [2.05, 4.69) is 21.2 Å². The van der Waals surface area contributed by atoms with E-state index >= 15 is 0 Å². The van der Waals surface area contributed by atoms with Crippen LogP contribution in [-0.4, -0.2) is 30.1 Å². The van der Waals surface area contributed by atoms with Crippen LogP contribution in [-0.2, 0) is 27.2 Å². The van der Waals surface area contributed by atoms with Crippen LogP contribution in [0.1, 0.15) is 27.2 Å². The molecule has 0 fully saturated rings. The SMILES string of the molecule is NC(=O)c1c(NC(=O)COC(=O)CSc2ccc(Br)cc2)sc2c1CCC2. The zero-order valence-electron chi connectivity index (χ0n) is 14.2. The third-order valence-corrected chi connectivity index (χ3v) is 6.68. The molecule has 0 saturated heterocycles. The van der Waals surface area contributed by atoms with Crippen molar-refractivity contribution in [3.8, 4) is 0 Å². The Labute approximate surface area is 173 Å². The van der Waals surface area contributed by atoms with Gasteiger partial charge in [0.1, 0.15) is 5.00 Å². The summed E-state index contributed by atoms with van der Waals surface area (Å²) in [5.74, 6) is -1.41. The number of hydrogen-bond acceptors (Lipinski definition) is 6. The van der Waals surface area contributed by atoms with Crippen LogP contribution in [0.15, 0.2) is 33.6 Å². The van der Waals surface area contributed by atoms with Crippen molar-refractivity contribution >= 4 is 61.8 Å². The number of esters is 1. The van der Waals surface area contributed by atoms with Gasteiger partial charge < -0.3 is 15.8 Å². The van der Waals surface area contributed by atoms with E-state index < -0.39 is 24.4 Å². The fourth-order valence-electron chi connectivity index (χ4n) is 2.78. The van der Waals surface area contributed by atoms with Gasteiger partial charge in [0, 0.05) is 14.2 Å². The second-order valence-electron chi connectivity index (χ2n) is 5.88. The number of rotatable bonds is 7. The number of thioether (sulfide) groups is 1. The monoisotopic (exact) mass is 468 g/mol. The molecule has 2 amide bonds. The third-order valence-electron chi connectivity index (χ3n) is 3.96. The van der Waals surface area contributed by atoms with Gasteiger partial charge in [0.15, 0.2) is 6.61 Å². The number of fused-ring (bicyclic) bond motifs is 1. The summed E-state index contributed by atoms with van der Waals surface area (Å²) in [7, 11) is 0. The van der Waals surface area contributed by atoms with Gasteiger partial charge in [-0.05, 0) is 49.1 Å². The first-order valence-electron chi connectivity index (χ1n) is 8.22. The summed E-state index contributed by atoms with van der Waals surface area (Å²) in [4.78, 5) is 37.6. The highest BCUT2D eigenvalue weighted by Gasteiger charge is 2.26. The van der Waals surface area contributed by atoms with Crippen molar-refractivity contribution in [3.63, 3.8) is 0 Å². The average Bonchev–Trinajstić information content (AvgIpc) is 3.19. The fraction of sp³-hybridized carbons (Fsp3) is 0.278. The Kier molecular flexibility index (Phi) is 6.56. The van der Waals surface area contributed by atoms with Crippen molar-refractivity contribution in [2.24, 2.45) is 5.73 Å². The number of amides is 2. The molecular formula is C18H17BrN2O4S2. The highest BCUT2D eigenvalue weighted by Crippen LogP contribution is 2.38. The zero-order valence-corrected chi connectivity index (χ0v) is 17.5. The molecule has 0 saturated carbocycles. The molecule has 3 N–H and O–H groups in total. The Balaban J connectivity index is 1.49. The molecule has 1 aliphatic rings. The van der Waals surface area contributed by atoms with Crippen LogP contribution < -0.4 is 11.1 Å². The molecule has 142 valence electrons. The van der Waals surface area contributed by atoms with Crippen LogP contribution >= 0.6 is 39.0 Å². The van der Waals surface area contributed by atoms with E-state index in [0.717, 1.165) is 39.1 Å². The Hall–Kier alpha value is -1.84. The molecule has 2 aromatic rings. The van der Waals surface area contributed by atoms with E-state index in [1.807, 2.05) is 24.3 Å². The van der Waals surface area contributed by atoms with Crippen LogP contribution in [0.4, 0.5) is 5.00 Å². The van der Waals surface area contributed by atoms with Crippen LogP contribution in [0.25, 0.3) is 0 Å². The number of aryl methyl sites for hydroxylation is 1. The molecule has 1 heterocycles. The standard InChI is InChI=1S/C18H17BrN2O4S2/c19-10-4-6-11(7-5-10)26-9-15(23)25-8-14(22)21-18-16(17(20)24)12-2-1-3-13(12)27-18/h4-7H,1-3,8-9H2,(H2,20,24)(H,21,22). The van der Waals surface area contributed by atoms with Crippen molar-refractivity contribution in [2.45, 2.75) is 24.2 Å². The van der Waals surface area contributed by atoms with Gasteiger partial charge >= 0.3 is 5.97 Å². The number of carbonyl (C=O) groups excluding carboxylic acids is 3. The van der Waals surface area contributed by atoms with Gasteiger partial charge in [-0.1, -0.05) is 15.9 Å². The van der Waals surface area contributed by atoms with Crippen molar-refractivity contribution < 1.29 is 19.1 Å². The lowest BCUT2D eigenvalue weighted by Gasteiger charge is -2.07. The molecule has 1 aromatic heterocycles. The lowest BCUT2D eigenvalue weighted by molar-refractivity contribution is -0.144. The average molecular weight is 469 g/mol. The van der Waals surface area contributed by atoms with Gasteiger partial charge in [-0.15, -0.1) is 23.1 Å². The quantitative estimate of drug-likeness (QED) is 0.479. The number of halogens is 1. The molecule has 0 spiro atoms. The predicted octanol–water partition coefficient (Wildman–Crippen LogP) is 3.37. The topological polar surface area (TPSA) is 98.5 Å². The minimum absolute atomic E-state index is 0.106. The van der Waals surface area contributed by atoms with E-state index in [1.54, 1.807) is 0 Å². The summed E-state index contributed by atoms with van der Waals surface area (Å²) in [5.41, 5.74) is 6.78. The predicted molar refractivity (Wildman–Crippen MR) is 109 cm³/mol. The summed E-state index contributed by atoms with van der Waals surface area (Å²) < 4.78 is 5.97. The minimum atomic E-state index is -0.549. The Morgan fingerprint density at radius 3 is 2.67 bits per heavy atom. The maximum atomic E-state index is 12.1. The summed E-state index contributed by atoms with van der Waals surface area (Å²) in [6, 6.07) is 7.54. The molecule has 0 aliphatic heterocycles. The number of thiophene rings is 1. The van der Waals surface area contributed by atoms with Gasteiger partial charge in [0.25, 0.3) is 11.8 Å². The van der Waals surface area contributed by atoms with Crippen molar-refractivity contribution in [1.82, 2.24) is 0 Å². The fourth-order valence-corrected chi connectivity index (χ4v) is 5.05. The van der Waals surface area contributed by atoms with E-state index in [1.165, 1.54) is 23.1 Å². The van der Waals surface area contributed by atoms with E-state index in [4.69, 9.17) is 10.5 Å². The number of nitrogens with one attached hydrogen (secondary N) is 1. The Morgan fingerprint density at radius 2 is 1.96 bits per heavy atom. The lowest BCUT2D eigenvalue weighted by Crippen LogP contribution is -2.23. The first kappa shape index (κ1) is 19.9. The number of anilines is 1. The Morgan fingerprint density at radius 1 is 1.22 bits per heavy atom. The van der Waals surface area contributed by atoms with Gasteiger partial charge in [0.05, 0.1) is 11.3 Å². The second-order valence-corrected chi connectivity index (χ2v) is 8.95.